The smallest absolute Gasteiger partial charge is 0.272 e. The Morgan fingerprint density at radius 1 is 1.14 bits per heavy atom. The number of hydrazine groups is 1. The van der Waals surface area contributed by atoms with E-state index < -0.39 is 0 Å². The Hall–Kier alpha value is -3.20. The number of rotatable bonds is 3. The summed E-state index contributed by atoms with van der Waals surface area (Å²) in [6.07, 6.45) is 3.07. The molecule has 2 amide bonds. The number of amides is 2. The molecule has 3 N–H and O–H groups in total. The van der Waals surface area contributed by atoms with E-state index in [1.165, 1.54) is 5.57 Å². The number of likely N-dealkylation sites (tertiary alicyclic amines) is 1. The fraction of sp³-hybridized carbons (Fsp3) is 0.556. The molecular formula is C27H36N6O3. The van der Waals surface area contributed by atoms with Crippen molar-refractivity contribution in [2.24, 2.45) is 5.41 Å². The lowest BCUT2D eigenvalue weighted by atomic mass is 9.67. The molecule has 1 aromatic carbocycles. The molecule has 1 saturated heterocycles. The van der Waals surface area contributed by atoms with Crippen LogP contribution in [0.25, 0.3) is 10.9 Å². The number of aromatic nitrogens is 2. The Bertz CT molecular complexity index is 1260. The first-order valence-electron chi connectivity index (χ1n) is 12.8. The van der Waals surface area contributed by atoms with Crippen molar-refractivity contribution in [2.75, 3.05) is 19.6 Å². The maximum atomic E-state index is 13.4. The first-order valence-corrected chi connectivity index (χ1v) is 12.8. The minimum absolute atomic E-state index is 0.00945. The van der Waals surface area contributed by atoms with Crippen molar-refractivity contribution < 1.29 is 14.4 Å². The van der Waals surface area contributed by atoms with Crippen LogP contribution in [-0.2, 0) is 4.79 Å². The highest BCUT2D eigenvalue weighted by Crippen LogP contribution is 2.47. The molecule has 0 radical (unpaired) electrons. The van der Waals surface area contributed by atoms with Gasteiger partial charge in [-0.15, -0.1) is 0 Å². The van der Waals surface area contributed by atoms with Gasteiger partial charge in [-0.25, -0.2) is 5.01 Å². The van der Waals surface area contributed by atoms with Gasteiger partial charge in [0.1, 0.15) is 0 Å². The van der Waals surface area contributed by atoms with Crippen LogP contribution in [0.1, 0.15) is 81.1 Å². The minimum Gasteiger partial charge on any atom is -0.348 e. The fourth-order valence-electron chi connectivity index (χ4n) is 5.65. The highest BCUT2D eigenvalue weighted by Gasteiger charge is 2.46. The van der Waals surface area contributed by atoms with Gasteiger partial charge < -0.3 is 15.6 Å². The van der Waals surface area contributed by atoms with E-state index in [0.29, 0.717) is 36.2 Å². The first-order chi connectivity index (χ1) is 17.0. The summed E-state index contributed by atoms with van der Waals surface area (Å²) in [5, 5.41) is 12.7. The quantitative estimate of drug-likeness (QED) is 0.607. The van der Waals surface area contributed by atoms with Crippen LogP contribution in [0.4, 0.5) is 0 Å². The summed E-state index contributed by atoms with van der Waals surface area (Å²) < 4.78 is 0. The molecule has 0 bridgehead atoms. The molecule has 36 heavy (non-hydrogen) atoms. The predicted octanol–water partition coefficient (Wildman–Crippen LogP) is 3.16. The first kappa shape index (κ1) is 24.5. The number of hydrogen-bond donors (Lipinski definition) is 3. The van der Waals surface area contributed by atoms with Crippen LogP contribution in [-0.4, -0.2) is 68.9 Å². The predicted molar refractivity (Wildman–Crippen MR) is 137 cm³/mol. The molecule has 9 heteroatoms. The van der Waals surface area contributed by atoms with E-state index in [1.54, 1.807) is 18.2 Å². The van der Waals surface area contributed by atoms with Crippen molar-refractivity contribution >= 4 is 28.5 Å². The Morgan fingerprint density at radius 2 is 1.86 bits per heavy atom. The largest absolute Gasteiger partial charge is 0.348 e. The van der Waals surface area contributed by atoms with Crippen LogP contribution >= 0.6 is 0 Å². The highest BCUT2D eigenvalue weighted by molar-refractivity contribution is 6.07. The van der Waals surface area contributed by atoms with Crippen molar-refractivity contribution in [2.45, 2.75) is 71.9 Å². The van der Waals surface area contributed by atoms with Gasteiger partial charge in [-0.1, -0.05) is 0 Å². The Morgan fingerprint density at radius 3 is 2.53 bits per heavy atom. The third-order valence-corrected chi connectivity index (χ3v) is 7.72. The zero-order chi connectivity index (χ0) is 25.8. The van der Waals surface area contributed by atoms with Crippen molar-refractivity contribution in [3.05, 3.63) is 40.7 Å². The Balaban J connectivity index is 1.28. The SMILES string of the molecule is CC(C)NC(=O)c1n[nH]c2ccc(C(=O)N3CCC4(CC3)CC(=O)C3=C(CN(C(C)(C)C)N3)C4)cc12. The molecular weight excluding hydrogens is 456 g/mol. The summed E-state index contributed by atoms with van der Waals surface area (Å²) in [6, 6.07) is 5.33. The molecule has 192 valence electrons. The molecule has 1 fully saturated rings. The van der Waals surface area contributed by atoms with E-state index in [1.807, 2.05) is 18.7 Å². The molecule has 0 unspecified atom stereocenters. The van der Waals surface area contributed by atoms with Crippen molar-refractivity contribution in [3.8, 4) is 0 Å². The number of benzene rings is 1. The number of fused-ring (bicyclic) bond motifs is 1. The van der Waals surface area contributed by atoms with Crippen LogP contribution in [0, 0.1) is 5.41 Å². The van der Waals surface area contributed by atoms with E-state index in [4.69, 9.17) is 0 Å². The molecule has 5 rings (SSSR count). The van der Waals surface area contributed by atoms with Crippen LogP contribution in [0.5, 0.6) is 0 Å². The molecule has 1 spiro atoms. The average Bonchev–Trinajstić information content (AvgIpc) is 3.43. The number of carbonyl (C=O) groups excluding carboxylic acids is 3. The summed E-state index contributed by atoms with van der Waals surface area (Å²) in [6.45, 7) is 12.2. The number of Topliss-reactive ketones (excluding diaryl/α,β-unsaturated/α-hetero) is 1. The number of H-pyrrole nitrogens is 1. The zero-order valence-electron chi connectivity index (χ0n) is 21.8. The zero-order valence-corrected chi connectivity index (χ0v) is 21.8. The third kappa shape index (κ3) is 4.40. The summed E-state index contributed by atoms with van der Waals surface area (Å²) in [7, 11) is 0. The molecule has 2 aliphatic heterocycles. The second kappa shape index (κ2) is 8.73. The van der Waals surface area contributed by atoms with Gasteiger partial charge in [0, 0.05) is 48.6 Å². The van der Waals surface area contributed by atoms with Crippen molar-refractivity contribution in [3.63, 3.8) is 0 Å². The number of carbonyl (C=O) groups is 3. The molecule has 1 aliphatic carbocycles. The van der Waals surface area contributed by atoms with Crippen LogP contribution < -0.4 is 10.7 Å². The Labute approximate surface area is 211 Å². The van der Waals surface area contributed by atoms with Gasteiger partial charge in [-0.2, -0.15) is 5.10 Å². The lowest BCUT2D eigenvalue weighted by molar-refractivity contribution is -0.120. The standard InChI is InChI=1S/C27H36N6O3/c1-16(2)28-24(35)23-19-12-17(6-7-20(19)29-30-23)25(36)32-10-8-27(9-11-32)13-18-15-33(26(3,4)5)31-22(18)21(34)14-27/h6-7,12,16,31H,8-11,13-15H2,1-5H3,(H,28,35)(H,29,30). The van der Waals surface area contributed by atoms with Gasteiger partial charge in [0.05, 0.1) is 11.2 Å². The molecule has 3 heterocycles. The lowest BCUT2D eigenvalue weighted by Gasteiger charge is -2.43. The maximum absolute atomic E-state index is 13.4. The van der Waals surface area contributed by atoms with Crippen LogP contribution in [0.2, 0.25) is 0 Å². The second-order valence-corrected chi connectivity index (χ2v) is 11.9. The number of nitrogens with zero attached hydrogens (tertiary/aromatic N) is 3. The molecule has 0 saturated carbocycles. The fourth-order valence-corrected chi connectivity index (χ4v) is 5.65. The van der Waals surface area contributed by atoms with Gasteiger partial charge >= 0.3 is 0 Å². The number of aromatic amines is 1. The normalized spacial score (nSPS) is 20.3. The van der Waals surface area contributed by atoms with Crippen LogP contribution in [0.3, 0.4) is 0 Å². The van der Waals surface area contributed by atoms with Gasteiger partial charge in [0.25, 0.3) is 11.8 Å². The molecule has 1 aromatic heterocycles. The molecule has 9 nitrogen and oxygen atoms in total. The van der Waals surface area contributed by atoms with E-state index in [2.05, 4.69) is 46.7 Å². The monoisotopic (exact) mass is 492 g/mol. The number of piperidine rings is 1. The van der Waals surface area contributed by atoms with Gasteiger partial charge in [0.2, 0.25) is 0 Å². The molecule has 0 atom stereocenters. The van der Waals surface area contributed by atoms with Crippen molar-refractivity contribution in [1.82, 2.24) is 30.8 Å². The number of nitrogens with one attached hydrogen (secondary N) is 3. The number of hydrogen-bond acceptors (Lipinski definition) is 6. The number of allylic oxidation sites excluding steroid dienone is 1. The van der Waals surface area contributed by atoms with E-state index in [9.17, 15) is 14.4 Å². The summed E-state index contributed by atoms with van der Waals surface area (Å²) in [5.41, 5.74) is 6.78. The molecule has 3 aliphatic rings. The Kier molecular flexibility index (Phi) is 5.94. The number of ketones is 1. The summed E-state index contributed by atoms with van der Waals surface area (Å²) in [5.74, 6) is -0.116. The topological polar surface area (TPSA) is 110 Å². The highest BCUT2D eigenvalue weighted by atomic mass is 16.2. The van der Waals surface area contributed by atoms with Crippen molar-refractivity contribution in [1.29, 1.82) is 0 Å². The lowest BCUT2D eigenvalue weighted by Crippen LogP contribution is -2.47. The van der Waals surface area contributed by atoms with Gasteiger partial charge in [-0.05, 0) is 83.1 Å². The van der Waals surface area contributed by atoms with E-state index in [-0.39, 0.29) is 34.6 Å². The van der Waals surface area contributed by atoms with Gasteiger partial charge in [-0.3, -0.25) is 19.5 Å². The van der Waals surface area contributed by atoms with E-state index >= 15 is 0 Å². The molecule has 2 aromatic rings. The second-order valence-electron chi connectivity index (χ2n) is 11.9. The third-order valence-electron chi connectivity index (χ3n) is 7.72. The summed E-state index contributed by atoms with van der Waals surface area (Å²) >= 11 is 0. The summed E-state index contributed by atoms with van der Waals surface area (Å²) in [4.78, 5) is 40.9. The maximum Gasteiger partial charge on any atom is 0.272 e. The van der Waals surface area contributed by atoms with E-state index in [0.717, 1.165) is 37.0 Å². The minimum atomic E-state index is -0.261. The average molecular weight is 493 g/mol. The van der Waals surface area contributed by atoms with Gasteiger partial charge in [0.15, 0.2) is 11.5 Å². The van der Waals surface area contributed by atoms with Crippen LogP contribution in [0.15, 0.2) is 29.5 Å².